The van der Waals surface area contributed by atoms with Gasteiger partial charge in [0.1, 0.15) is 51.1 Å². The number of phenolic OH excluding ortho intramolecular Hbond substituents is 2. The minimum absolute atomic E-state index is 0.0303. The molecule has 2 aromatic rings. The molecule has 1 aliphatic carbocycles. The fourth-order valence-electron chi connectivity index (χ4n) is 4.41. The predicted molar refractivity (Wildman–Crippen MR) is 127 cm³/mol. The first-order valence-electron chi connectivity index (χ1n) is 11.0. The standard InChI is InChI=1S/C27H24O8/c1-5-34-18-9-7-6-8-15(18)10-11-16(29)21-23(31)13(2)24(32)22-25(21)35-19-12-17(30)20(14(3)28)26(33)27(19,22)4/h6-12,30-32H,5H2,1-4H3/b11-10+/t27-/m1/s1. The van der Waals surface area contributed by atoms with Gasteiger partial charge in [0.2, 0.25) is 0 Å². The van der Waals surface area contributed by atoms with Gasteiger partial charge in [0.05, 0.1) is 12.2 Å². The number of aliphatic hydroxyl groups excluding tert-OH is 1. The molecule has 3 N–H and O–H groups in total. The van der Waals surface area contributed by atoms with Crippen molar-refractivity contribution >= 4 is 23.4 Å². The molecule has 1 aliphatic heterocycles. The fraction of sp³-hybridized carbons (Fsp3) is 0.222. The van der Waals surface area contributed by atoms with Gasteiger partial charge in [-0.2, -0.15) is 0 Å². The molecule has 180 valence electrons. The summed E-state index contributed by atoms with van der Waals surface area (Å²) in [5.41, 5.74) is -1.81. The summed E-state index contributed by atoms with van der Waals surface area (Å²) in [6, 6.07) is 7.10. The van der Waals surface area contributed by atoms with Gasteiger partial charge in [-0.3, -0.25) is 14.4 Å². The average molecular weight is 476 g/mol. The van der Waals surface area contributed by atoms with Crippen LogP contribution in [0.25, 0.3) is 6.08 Å². The molecule has 0 spiro atoms. The fourth-order valence-corrected chi connectivity index (χ4v) is 4.41. The Morgan fingerprint density at radius 2 is 1.83 bits per heavy atom. The second-order valence-electron chi connectivity index (χ2n) is 8.45. The van der Waals surface area contributed by atoms with Gasteiger partial charge in [-0.1, -0.05) is 18.2 Å². The zero-order chi connectivity index (χ0) is 25.7. The normalized spacial score (nSPS) is 18.7. The van der Waals surface area contributed by atoms with Crippen molar-refractivity contribution in [3.63, 3.8) is 0 Å². The predicted octanol–water partition coefficient (Wildman–Crippen LogP) is 4.22. The Hall–Kier alpha value is -4.33. The lowest BCUT2D eigenvalue weighted by molar-refractivity contribution is -0.123. The smallest absolute Gasteiger partial charge is 0.193 e. The number of hydrogen-bond donors (Lipinski definition) is 3. The highest BCUT2D eigenvalue weighted by Gasteiger charge is 2.55. The van der Waals surface area contributed by atoms with Gasteiger partial charge in [0.25, 0.3) is 0 Å². The largest absolute Gasteiger partial charge is 0.507 e. The van der Waals surface area contributed by atoms with E-state index in [0.29, 0.717) is 17.9 Å². The zero-order valence-corrected chi connectivity index (χ0v) is 19.6. The number of fused-ring (bicyclic) bond motifs is 3. The van der Waals surface area contributed by atoms with Gasteiger partial charge in [-0.25, -0.2) is 0 Å². The Morgan fingerprint density at radius 1 is 1.14 bits per heavy atom. The van der Waals surface area contributed by atoms with E-state index in [4.69, 9.17) is 9.47 Å². The molecule has 0 radical (unpaired) electrons. The van der Waals surface area contributed by atoms with Crippen LogP contribution in [0.3, 0.4) is 0 Å². The van der Waals surface area contributed by atoms with Gasteiger partial charge in [-0.15, -0.1) is 0 Å². The molecular formula is C27H24O8. The van der Waals surface area contributed by atoms with E-state index >= 15 is 0 Å². The highest BCUT2D eigenvalue weighted by molar-refractivity contribution is 6.26. The van der Waals surface area contributed by atoms with Crippen molar-refractivity contribution in [2.75, 3.05) is 6.61 Å². The van der Waals surface area contributed by atoms with E-state index in [1.165, 1.54) is 26.0 Å². The van der Waals surface area contributed by atoms with E-state index in [-0.39, 0.29) is 28.2 Å². The van der Waals surface area contributed by atoms with E-state index < -0.39 is 45.6 Å². The molecule has 8 heteroatoms. The topological polar surface area (TPSA) is 130 Å². The number of allylic oxidation sites excluding steroid dienone is 4. The van der Waals surface area contributed by atoms with Crippen LogP contribution in [0, 0.1) is 6.92 Å². The number of carbonyl (C=O) groups is 3. The lowest BCUT2D eigenvalue weighted by atomic mass is 9.71. The molecule has 2 aromatic carbocycles. The maximum atomic E-state index is 13.3. The number of phenols is 2. The van der Waals surface area contributed by atoms with Gasteiger partial charge in [-0.05, 0) is 45.9 Å². The van der Waals surface area contributed by atoms with E-state index in [0.717, 1.165) is 13.0 Å². The summed E-state index contributed by atoms with van der Waals surface area (Å²) < 4.78 is 11.4. The summed E-state index contributed by atoms with van der Waals surface area (Å²) in [4.78, 5) is 38.7. The van der Waals surface area contributed by atoms with Gasteiger partial charge >= 0.3 is 0 Å². The SMILES string of the molecule is CCOc1ccccc1/C=C/C(=O)c1c(O)c(C)c(O)c2c1OC1=CC(O)=C(C(C)=O)C(=O)[C@]12C. The summed E-state index contributed by atoms with van der Waals surface area (Å²) in [5.74, 6) is -3.30. The molecule has 2 aliphatic rings. The Morgan fingerprint density at radius 3 is 2.49 bits per heavy atom. The number of para-hydroxylation sites is 1. The van der Waals surface area contributed by atoms with Crippen LogP contribution in [-0.2, 0) is 15.0 Å². The Kier molecular flexibility index (Phi) is 5.76. The van der Waals surface area contributed by atoms with Crippen LogP contribution < -0.4 is 9.47 Å². The van der Waals surface area contributed by atoms with Crippen LogP contribution in [0.5, 0.6) is 23.0 Å². The molecule has 0 unspecified atom stereocenters. The molecule has 0 saturated carbocycles. The molecule has 8 nitrogen and oxygen atoms in total. The molecule has 1 atom stereocenters. The molecule has 0 fully saturated rings. The van der Waals surface area contributed by atoms with E-state index in [9.17, 15) is 29.7 Å². The number of Topliss-reactive ketones (excluding diaryl/α,β-unsaturated/α-hetero) is 2. The number of aliphatic hydroxyl groups is 1. The number of rotatable bonds is 6. The van der Waals surface area contributed by atoms with Crippen LogP contribution in [0.1, 0.15) is 47.8 Å². The summed E-state index contributed by atoms with van der Waals surface area (Å²) in [5, 5.41) is 31.9. The third kappa shape index (κ3) is 3.49. The van der Waals surface area contributed by atoms with Crippen molar-refractivity contribution in [1.82, 2.24) is 0 Å². The first-order valence-corrected chi connectivity index (χ1v) is 11.0. The summed E-state index contributed by atoms with van der Waals surface area (Å²) in [6.45, 7) is 6.24. The van der Waals surface area contributed by atoms with Crippen molar-refractivity contribution < 1.29 is 39.2 Å². The summed E-state index contributed by atoms with van der Waals surface area (Å²) in [7, 11) is 0. The van der Waals surface area contributed by atoms with Crippen molar-refractivity contribution in [2.45, 2.75) is 33.1 Å². The summed E-state index contributed by atoms with van der Waals surface area (Å²) >= 11 is 0. The van der Waals surface area contributed by atoms with Crippen LogP contribution in [-0.4, -0.2) is 39.3 Å². The monoisotopic (exact) mass is 476 g/mol. The molecule has 4 rings (SSSR count). The van der Waals surface area contributed by atoms with Crippen LogP contribution in [0.2, 0.25) is 0 Å². The Bertz CT molecular complexity index is 1390. The third-order valence-electron chi connectivity index (χ3n) is 6.28. The van der Waals surface area contributed by atoms with Crippen molar-refractivity contribution in [1.29, 1.82) is 0 Å². The second kappa shape index (κ2) is 8.47. The number of carbonyl (C=O) groups excluding carboxylic acids is 3. The van der Waals surface area contributed by atoms with Gasteiger partial charge in [0.15, 0.2) is 17.3 Å². The lowest BCUT2D eigenvalue weighted by Gasteiger charge is -2.28. The lowest BCUT2D eigenvalue weighted by Crippen LogP contribution is -2.38. The highest BCUT2D eigenvalue weighted by Crippen LogP contribution is 2.57. The summed E-state index contributed by atoms with van der Waals surface area (Å²) in [6.07, 6.45) is 3.87. The van der Waals surface area contributed by atoms with Gasteiger partial charge in [0, 0.05) is 17.2 Å². The number of benzene rings is 2. The molecule has 0 amide bonds. The van der Waals surface area contributed by atoms with E-state index in [1.807, 2.05) is 6.92 Å². The minimum Gasteiger partial charge on any atom is -0.507 e. The zero-order valence-electron chi connectivity index (χ0n) is 19.6. The molecule has 35 heavy (non-hydrogen) atoms. The molecule has 0 aromatic heterocycles. The van der Waals surface area contributed by atoms with Crippen LogP contribution in [0.15, 0.2) is 53.5 Å². The van der Waals surface area contributed by atoms with Crippen molar-refractivity contribution in [2.24, 2.45) is 0 Å². The highest BCUT2D eigenvalue weighted by atomic mass is 16.5. The quantitative estimate of drug-likeness (QED) is 0.321. The third-order valence-corrected chi connectivity index (χ3v) is 6.28. The molecule has 1 heterocycles. The number of ether oxygens (including phenoxy) is 2. The Balaban J connectivity index is 1.87. The maximum absolute atomic E-state index is 13.3. The first-order chi connectivity index (χ1) is 16.5. The molecular weight excluding hydrogens is 452 g/mol. The van der Waals surface area contributed by atoms with Crippen molar-refractivity contribution in [3.8, 4) is 23.0 Å². The second-order valence-corrected chi connectivity index (χ2v) is 8.45. The average Bonchev–Trinajstić information content (AvgIpc) is 3.10. The van der Waals surface area contributed by atoms with E-state index in [2.05, 4.69) is 0 Å². The maximum Gasteiger partial charge on any atom is 0.193 e. The van der Waals surface area contributed by atoms with Crippen LogP contribution >= 0.6 is 0 Å². The number of ketones is 3. The van der Waals surface area contributed by atoms with Gasteiger partial charge < -0.3 is 24.8 Å². The minimum atomic E-state index is -1.68. The number of hydrogen-bond acceptors (Lipinski definition) is 8. The number of aromatic hydroxyl groups is 2. The molecule has 0 bridgehead atoms. The molecule has 0 saturated heterocycles. The van der Waals surface area contributed by atoms with E-state index in [1.54, 1.807) is 24.3 Å². The first kappa shape index (κ1) is 23.8. The van der Waals surface area contributed by atoms with Crippen molar-refractivity contribution in [3.05, 3.63) is 75.8 Å². The van der Waals surface area contributed by atoms with Crippen LogP contribution in [0.4, 0.5) is 0 Å². The Labute approximate surface area is 201 Å².